The standard InChI is InChI=1S/C25H24N2O5/c1-3-31-25(29)20-18(14-9-11-16(30-2)12-10-14)19-22(32-23(20)26)17-8-4-6-15-7-5-13-27(21(15)17)24(19)28/h4,6,8-12,18H,3,5,7,13,26H2,1-2H3. The van der Waals surface area contributed by atoms with Gasteiger partial charge in [0.25, 0.3) is 5.56 Å². The zero-order chi connectivity index (χ0) is 22.4. The molecule has 1 unspecified atom stereocenters. The van der Waals surface area contributed by atoms with Gasteiger partial charge in [-0.25, -0.2) is 4.79 Å². The van der Waals surface area contributed by atoms with E-state index in [0.717, 1.165) is 34.9 Å². The van der Waals surface area contributed by atoms with Gasteiger partial charge in [-0.15, -0.1) is 0 Å². The summed E-state index contributed by atoms with van der Waals surface area (Å²) in [6, 6.07) is 13.2. The molecule has 2 N–H and O–H groups in total. The quantitative estimate of drug-likeness (QED) is 0.637. The van der Waals surface area contributed by atoms with Gasteiger partial charge in [0, 0.05) is 11.9 Å². The first-order valence-electron chi connectivity index (χ1n) is 10.7. The number of rotatable bonds is 4. The number of hydrogen-bond acceptors (Lipinski definition) is 6. The molecular formula is C25H24N2O5. The monoisotopic (exact) mass is 432 g/mol. The fourth-order valence-corrected chi connectivity index (χ4v) is 4.80. The minimum atomic E-state index is -0.713. The van der Waals surface area contributed by atoms with Crippen LogP contribution in [0, 0.1) is 0 Å². The summed E-state index contributed by atoms with van der Waals surface area (Å²) < 4.78 is 18.4. The number of para-hydroxylation sites is 1. The van der Waals surface area contributed by atoms with E-state index in [2.05, 4.69) is 0 Å². The van der Waals surface area contributed by atoms with Crippen molar-refractivity contribution in [2.45, 2.75) is 32.2 Å². The molecule has 164 valence electrons. The number of carbonyl (C=O) groups excluding carboxylic acids is 1. The van der Waals surface area contributed by atoms with Crippen LogP contribution in [-0.4, -0.2) is 24.3 Å². The van der Waals surface area contributed by atoms with Crippen molar-refractivity contribution in [1.82, 2.24) is 4.57 Å². The Kier molecular flexibility index (Phi) is 4.89. The second-order valence-electron chi connectivity index (χ2n) is 7.92. The minimum absolute atomic E-state index is 0.0438. The predicted octanol–water partition coefficient (Wildman–Crippen LogP) is 3.21. The Morgan fingerprint density at radius 2 is 2.00 bits per heavy atom. The van der Waals surface area contributed by atoms with Gasteiger partial charge in [0.1, 0.15) is 17.1 Å². The topological polar surface area (TPSA) is 92.8 Å². The van der Waals surface area contributed by atoms with Gasteiger partial charge in [-0.3, -0.25) is 4.79 Å². The molecule has 0 bridgehead atoms. The highest BCUT2D eigenvalue weighted by molar-refractivity contribution is 5.96. The molecule has 0 saturated heterocycles. The summed E-state index contributed by atoms with van der Waals surface area (Å²) in [5.74, 6) is -0.266. The summed E-state index contributed by atoms with van der Waals surface area (Å²) in [5.41, 5.74) is 9.39. The lowest BCUT2D eigenvalue weighted by atomic mass is 9.82. The Morgan fingerprint density at radius 3 is 2.72 bits per heavy atom. The summed E-state index contributed by atoms with van der Waals surface area (Å²) in [7, 11) is 1.58. The molecule has 3 aromatic rings. The molecule has 0 fully saturated rings. The fraction of sp³-hybridized carbons (Fsp3) is 0.280. The fourth-order valence-electron chi connectivity index (χ4n) is 4.80. The van der Waals surface area contributed by atoms with Crippen LogP contribution in [0.5, 0.6) is 11.5 Å². The maximum atomic E-state index is 13.8. The van der Waals surface area contributed by atoms with Crippen molar-refractivity contribution in [2.75, 3.05) is 13.7 Å². The van der Waals surface area contributed by atoms with Crippen molar-refractivity contribution in [3.8, 4) is 11.5 Å². The molecule has 7 heteroatoms. The van der Waals surface area contributed by atoms with E-state index in [1.165, 1.54) is 0 Å². The van der Waals surface area contributed by atoms with E-state index in [1.807, 2.05) is 30.3 Å². The van der Waals surface area contributed by atoms with Gasteiger partial charge in [-0.05, 0) is 49.1 Å². The Morgan fingerprint density at radius 1 is 1.22 bits per heavy atom. The van der Waals surface area contributed by atoms with E-state index in [1.54, 1.807) is 30.7 Å². The zero-order valence-electron chi connectivity index (χ0n) is 18.0. The molecule has 1 atom stereocenters. The van der Waals surface area contributed by atoms with E-state index in [-0.39, 0.29) is 23.6 Å². The third-order valence-corrected chi connectivity index (χ3v) is 6.18. The number of pyridine rings is 1. The second kappa shape index (κ2) is 7.75. The molecule has 3 heterocycles. The number of benzene rings is 2. The van der Waals surface area contributed by atoms with Crippen molar-refractivity contribution in [2.24, 2.45) is 5.73 Å². The van der Waals surface area contributed by atoms with E-state index in [9.17, 15) is 9.59 Å². The molecule has 0 aliphatic carbocycles. The summed E-state index contributed by atoms with van der Waals surface area (Å²) in [5, 5.41) is 0.821. The predicted molar refractivity (Wildman–Crippen MR) is 120 cm³/mol. The lowest BCUT2D eigenvalue weighted by Crippen LogP contribution is -2.35. The summed E-state index contributed by atoms with van der Waals surface area (Å²) in [4.78, 5) is 26.8. The number of methoxy groups -OCH3 is 1. The molecule has 2 aromatic carbocycles. The Bertz CT molecular complexity index is 1320. The smallest absolute Gasteiger partial charge is 0.340 e. The van der Waals surface area contributed by atoms with Gasteiger partial charge in [-0.1, -0.05) is 24.3 Å². The highest BCUT2D eigenvalue weighted by atomic mass is 16.5. The minimum Gasteiger partial charge on any atom is -0.497 e. The van der Waals surface area contributed by atoms with Crippen LogP contribution in [0.3, 0.4) is 0 Å². The highest BCUT2D eigenvalue weighted by Gasteiger charge is 2.39. The number of nitrogens with two attached hydrogens (primary N) is 1. The van der Waals surface area contributed by atoms with Crippen molar-refractivity contribution < 1.29 is 19.0 Å². The van der Waals surface area contributed by atoms with Crippen LogP contribution in [-0.2, 0) is 22.5 Å². The molecule has 2 aliphatic rings. The first kappa shape index (κ1) is 20.2. The number of aryl methyl sites for hydroxylation is 2. The number of nitrogens with zero attached hydrogens (tertiary/aromatic N) is 1. The van der Waals surface area contributed by atoms with Crippen molar-refractivity contribution in [3.05, 3.63) is 81.0 Å². The summed E-state index contributed by atoms with van der Waals surface area (Å²) >= 11 is 0. The Balaban J connectivity index is 1.84. The van der Waals surface area contributed by atoms with Crippen LogP contribution in [0.4, 0.5) is 0 Å². The summed E-state index contributed by atoms with van der Waals surface area (Å²) in [6.07, 6.45) is 1.78. The maximum Gasteiger partial charge on any atom is 0.340 e. The molecule has 32 heavy (non-hydrogen) atoms. The molecule has 7 nitrogen and oxygen atoms in total. The third-order valence-electron chi connectivity index (χ3n) is 6.18. The number of ether oxygens (including phenoxy) is 3. The van der Waals surface area contributed by atoms with Gasteiger partial charge < -0.3 is 24.5 Å². The lowest BCUT2D eigenvalue weighted by molar-refractivity contribution is -0.139. The number of carbonyl (C=O) groups is 1. The van der Waals surface area contributed by atoms with Crippen LogP contribution < -0.4 is 20.8 Å². The molecule has 0 radical (unpaired) electrons. The van der Waals surface area contributed by atoms with Crippen LogP contribution in [0.2, 0.25) is 0 Å². The van der Waals surface area contributed by atoms with E-state index < -0.39 is 11.9 Å². The lowest BCUT2D eigenvalue weighted by Gasteiger charge is -2.31. The first-order valence-corrected chi connectivity index (χ1v) is 10.7. The number of fused-ring (bicyclic) bond motifs is 2. The molecule has 2 aliphatic heterocycles. The average Bonchev–Trinajstić information content (AvgIpc) is 2.81. The van der Waals surface area contributed by atoms with E-state index in [0.29, 0.717) is 23.6 Å². The van der Waals surface area contributed by atoms with Gasteiger partial charge in [0.15, 0.2) is 0 Å². The van der Waals surface area contributed by atoms with Crippen LogP contribution in [0.15, 0.2) is 58.7 Å². The van der Waals surface area contributed by atoms with E-state index in [4.69, 9.17) is 19.9 Å². The van der Waals surface area contributed by atoms with Crippen molar-refractivity contribution in [1.29, 1.82) is 0 Å². The Labute approximate surface area is 185 Å². The maximum absolute atomic E-state index is 13.8. The SMILES string of the molecule is CCOC(=O)C1=C(N)Oc2c(c(=O)n3c4c(cccc24)CCC3)C1c1ccc(OC)cc1. The normalized spacial score (nSPS) is 17.0. The van der Waals surface area contributed by atoms with Gasteiger partial charge in [0.2, 0.25) is 5.88 Å². The van der Waals surface area contributed by atoms with Crippen LogP contribution in [0.25, 0.3) is 10.9 Å². The molecule has 1 aromatic heterocycles. The molecule has 0 saturated carbocycles. The van der Waals surface area contributed by atoms with Crippen molar-refractivity contribution >= 4 is 16.9 Å². The first-order chi connectivity index (χ1) is 15.5. The number of esters is 1. The van der Waals surface area contributed by atoms with E-state index >= 15 is 0 Å². The molecule has 5 rings (SSSR count). The highest BCUT2D eigenvalue weighted by Crippen LogP contribution is 2.45. The van der Waals surface area contributed by atoms with Crippen LogP contribution >= 0.6 is 0 Å². The molecular weight excluding hydrogens is 408 g/mol. The van der Waals surface area contributed by atoms with Gasteiger partial charge >= 0.3 is 5.97 Å². The number of hydrogen-bond donors (Lipinski definition) is 1. The number of aromatic nitrogens is 1. The van der Waals surface area contributed by atoms with Crippen LogP contribution in [0.1, 0.15) is 36.0 Å². The largest absolute Gasteiger partial charge is 0.497 e. The Hall–Kier alpha value is -3.74. The average molecular weight is 432 g/mol. The zero-order valence-corrected chi connectivity index (χ0v) is 18.0. The van der Waals surface area contributed by atoms with Crippen molar-refractivity contribution in [3.63, 3.8) is 0 Å². The molecule has 0 amide bonds. The van der Waals surface area contributed by atoms with Gasteiger partial charge in [-0.2, -0.15) is 0 Å². The molecule has 0 spiro atoms. The summed E-state index contributed by atoms with van der Waals surface area (Å²) in [6.45, 7) is 2.52. The van der Waals surface area contributed by atoms with Gasteiger partial charge in [0.05, 0.1) is 30.7 Å². The third kappa shape index (κ3) is 2.96. The second-order valence-corrected chi connectivity index (χ2v) is 7.92.